The Bertz CT molecular complexity index is 325. The highest BCUT2D eigenvalue weighted by atomic mass is 32.2. The van der Waals surface area contributed by atoms with Gasteiger partial charge in [0.25, 0.3) is 0 Å². The molecule has 0 fully saturated rings. The highest BCUT2D eigenvalue weighted by Crippen LogP contribution is 2.13. The van der Waals surface area contributed by atoms with Gasteiger partial charge in [-0.3, -0.25) is 0 Å². The van der Waals surface area contributed by atoms with Gasteiger partial charge in [0.15, 0.2) is 0 Å². The molecule has 0 aromatic carbocycles. The van der Waals surface area contributed by atoms with Crippen LogP contribution in [0.25, 0.3) is 0 Å². The first kappa shape index (κ1) is 8.42. The van der Waals surface area contributed by atoms with Crippen LogP contribution in [0, 0.1) is 0 Å². The van der Waals surface area contributed by atoms with Gasteiger partial charge in [-0.25, -0.2) is 13.4 Å². The number of sulfone groups is 1. The molecule has 1 aromatic heterocycles. The molecule has 0 unspecified atom stereocenters. The highest BCUT2D eigenvalue weighted by Gasteiger charge is 2.14. The van der Waals surface area contributed by atoms with Crippen molar-refractivity contribution in [2.75, 3.05) is 5.75 Å². The van der Waals surface area contributed by atoms with Crippen LogP contribution in [-0.2, 0) is 9.84 Å². The summed E-state index contributed by atoms with van der Waals surface area (Å²) in [5.41, 5.74) is 0. The maximum Gasteiger partial charge on any atom is 0.209 e. The average molecular weight is 189 g/mol. The molecule has 5 heteroatoms. The van der Waals surface area contributed by atoms with Crippen LogP contribution >= 0.6 is 11.3 Å². The van der Waals surface area contributed by atoms with E-state index in [-0.39, 0.29) is 10.1 Å². The number of thiazole rings is 1. The SMILES string of the molecule is C=CCS(=O)(=O)c1nccs1. The van der Waals surface area contributed by atoms with Crippen LogP contribution in [0.15, 0.2) is 28.6 Å². The molecular weight excluding hydrogens is 182 g/mol. The van der Waals surface area contributed by atoms with E-state index in [1.54, 1.807) is 5.38 Å². The van der Waals surface area contributed by atoms with Crippen molar-refractivity contribution in [3.8, 4) is 0 Å². The van der Waals surface area contributed by atoms with E-state index in [1.165, 1.54) is 12.3 Å². The van der Waals surface area contributed by atoms with Gasteiger partial charge in [-0.05, 0) is 0 Å². The molecule has 1 heterocycles. The van der Waals surface area contributed by atoms with E-state index < -0.39 is 9.84 Å². The topological polar surface area (TPSA) is 47.0 Å². The van der Waals surface area contributed by atoms with Crippen LogP contribution in [0.5, 0.6) is 0 Å². The normalized spacial score (nSPS) is 11.3. The maximum atomic E-state index is 11.2. The summed E-state index contributed by atoms with van der Waals surface area (Å²) < 4.78 is 22.5. The molecule has 0 aliphatic rings. The van der Waals surface area contributed by atoms with Crippen molar-refractivity contribution >= 4 is 21.2 Å². The fraction of sp³-hybridized carbons (Fsp3) is 0.167. The molecule has 0 aliphatic heterocycles. The number of rotatable bonds is 3. The van der Waals surface area contributed by atoms with Gasteiger partial charge in [-0.15, -0.1) is 17.9 Å². The van der Waals surface area contributed by atoms with E-state index in [2.05, 4.69) is 11.6 Å². The minimum Gasteiger partial charge on any atom is -0.234 e. The molecule has 3 nitrogen and oxygen atoms in total. The van der Waals surface area contributed by atoms with Crippen molar-refractivity contribution in [2.45, 2.75) is 4.34 Å². The first-order valence-electron chi connectivity index (χ1n) is 2.90. The van der Waals surface area contributed by atoms with Crippen molar-refractivity contribution in [3.05, 3.63) is 24.2 Å². The van der Waals surface area contributed by atoms with Gasteiger partial charge in [0.05, 0.1) is 5.75 Å². The molecule has 0 spiro atoms. The standard InChI is InChI=1S/C6H7NO2S2/c1-2-5-11(8,9)6-7-3-4-10-6/h2-4H,1,5H2. The first-order chi connectivity index (χ1) is 5.17. The fourth-order valence-electron chi connectivity index (χ4n) is 0.590. The lowest BCUT2D eigenvalue weighted by atomic mass is 10.8. The quantitative estimate of drug-likeness (QED) is 0.669. The maximum absolute atomic E-state index is 11.2. The predicted octanol–water partition coefficient (Wildman–Crippen LogP) is 1.10. The lowest BCUT2D eigenvalue weighted by Crippen LogP contribution is -2.03. The van der Waals surface area contributed by atoms with Crippen molar-refractivity contribution in [1.29, 1.82) is 0 Å². The molecule has 0 saturated heterocycles. The molecule has 0 N–H and O–H groups in total. The van der Waals surface area contributed by atoms with E-state index in [0.717, 1.165) is 11.3 Å². The second-order valence-corrected chi connectivity index (χ2v) is 4.97. The van der Waals surface area contributed by atoms with Gasteiger partial charge in [0.1, 0.15) is 0 Å². The van der Waals surface area contributed by atoms with Gasteiger partial charge in [0, 0.05) is 11.6 Å². The van der Waals surface area contributed by atoms with Crippen LogP contribution in [0.4, 0.5) is 0 Å². The summed E-state index contributed by atoms with van der Waals surface area (Å²) in [5.74, 6) is -0.0412. The summed E-state index contributed by atoms with van der Waals surface area (Å²) in [4.78, 5) is 3.69. The number of hydrogen-bond donors (Lipinski definition) is 0. The fourth-order valence-corrected chi connectivity index (χ4v) is 2.58. The number of aromatic nitrogens is 1. The van der Waals surface area contributed by atoms with E-state index in [4.69, 9.17) is 0 Å². The molecule has 0 bridgehead atoms. The van der Waals surface area contributed by atoms with Crippen molar-refractivity contribution in [3.63, 3.8) is 0 Å². The van der Waals surface area contributed by atoms with E-state index in [0.29, 0.717) is 0 Å². The number of nitrogens with zero attached hydrogens (tertiary/aromatic N) is 1. The smallest absolute Gasteiger partial charge is 0.209 e. The minimum atomic E-state index is -3.18. The van der Waals surface area contributed by atoms with Gasteiger partial charge in [0.2, 0.25) is 14.2 Å². The van der Waals surface area contributed by atoms with Gasteiger partial charge >= 0.3 is 0 Å². The van der Waals surface area contributed by atoms with E-state index in [1.807, 2.05) is 0 Å². The summed E-state index contributed by atoms with van der Waals surface area (Å²) in [6.45, 7) is 3.35. The van der Waals surface area contributed by atoms with Crippen LogP contribution in [-0.4, -0.2) is 19.2 Å². The molecule has 0 aliphatic carbocycles. The molecule has 1 rings (SSSR count). The zero-order valence-corrected chi connectivity index (χ0v) is 7.36. The molecule has 0 radical (unpaired) electrons. The van der Waals surface area contributed by atoms with Gasteiger partial charge < -0.3 is 0 Å². The number of hydrogen-bond acceptors (Lipinski definition) is 4. The lowest BCUT2D eigenvalue weighted by Gasteiger charge is -1.92. The molecule has 0 saturated carbocycles. The average Bonchev–Trinajstić information content (AvgIpc) is 2.37. The Hall–Kier alpha value is -0.680. The Kier molecular flexibility index (Phi) is 2.41. The lowest BCUT2D eigenvalue weighted by molar-refractivity contribution is 0.598. The van der Waals surface area contributed by atoms with Crippen LogP contribution < -0.4 is 0 Å². The Balaban J connectivity index is 3.01. The monoisotopic (exact) mass is 189 g/mol. The molecule has 0 amide bonds. The summed E-state index contributed by atoms with van der Waals surface area (Å²) in [6, 6.07) is 0. The summed E-state index contributed by atoms with van der Waals surface area (Å²) in [5, 5.41) is 1.63. The van der Waals surface area contributed by atoms with Crippen molar-refractivity contribution in [2.24, 2.45) is 0 Å². The van der Waals surface area contributed by atoms with Crippen molar-refractivity contribution in [1.82, 2.24) is 4.98 Å². The third-order valence-electron chi connectivity index (χ3n) is 1.01. The van der Waals surface area contributed by atoms with E-state index in [9.17, 15) is 8.42 Å². The molecular formula is C6H7NO2S2. The second kappa shape index (κ2) is 3.15. The zero-order valence-electron chi connectivity index (χ0n) is 5.73. The molecule has 60 valence electrons. The summed E-state index contributed by atoms with van der Waals surface area (Å²) in [7, 11) is -3.18. The summed E-state index contributed by atoms with van der Waals surface area (Å²) >= 11 is 1.12. The highest BCUT2D eigenvalue weighted by molar-refractivity contribution is 7.93. The largest absolute Gasteiger partial charge is 0.234 e. The molecule has 1 aromatic rings. The van der Waals surface area contributed by atoms with Crippen LogP contribution in [0.1, 0.15) is 0 Å². The Morgan fingerprint density at radius 3 is 2.91 bits per heavy atom. The molecule has 11 heavy (non-hydrogen) atoms. The van der Waals surface area contributed by atoms with Crippen molar-refractivity contribution < 1.29 is 8.42 Å². The Morgan fingerprint density at radius 1 is 1.73 bits per heavy atom. The third kappa shape index (κ3) is 1.87. The van der Waals surface area contributed by atoms with Crippen LogP contribution in [0.3, 0.4) is 0 Å². The van der Waals surface area contributed by atoms with Crippen LogP contribution in [0.2, 0.25) is 0 Å². The Labute approximate surface area is 69.3 Å². The van der Waals surface area contributed by atoms with E-state index >= 15 is 0 Å². The van der Waals surface area contributed by atoms with Gasteiger partial charge in [-0.2, -0.15) is 0 Å². The molecule has 0 atom stereocenters. The van der Waals surface area contributed by atoms with Gasteiger partial charge in [-0.1, -0.05) is 6.08 Å². The minimum absolute atomic E-state index is 0.0412. The summed E-state index contributed by atoms with van der Waals surface area (Å²) in [6.07, 6.45) is 2.83. The predicted molar refractivity (Wildman–Crippen MR) is 44.4 cm³/mol. The Morgan fingerprint density at radius 2 is 2.45 bits per heavy atom. The second-order valence-electron chi connectivity index (χ2n) is 1.87. The third-order valence-corrected chi connectivity index (χ3v) is 3.94. The first-order valence-corrected chi connectivity index (χ1v) is 5.43. The zero-order chi connectivity index (χ0) is 8.32.